The van der Waals surface area contributed by atoms with Crippen molar-refractivity contribution in [1.82, 2.24) is 4.90 Å². The first kappa shape index (κ1) is 13.6. The molecule has 0 spiro atoms. The topological polar surface area (TPSA) is 46.6 Å². The summed E-state index contributed by atoms with van der Waals surface area (Å²) in [4.78, 5) is 26.1. The number of carbonyl (C=O) groups is 2. The monoisotopic (exact) mass is 337 g/mol. The molecule has 2 fully saturated rings. The third-order valence-corrected chi connectivity index (χ3v) is 4.75. The summed E-state index contributed by atoms with van der Waals surface area (Å²) in [5.41, 5.74) is 0.851. The van der Waals surface area contributed by atoms with Crippen molar-refractivity contribution in [2.45, 2.75) is 25.8 Å². The van der Waals surface area contributed by atoms with E-state index in [-0.39, 0.29) is 23.7 Å². The van der Waals surface area contributed by atoms with Gasteiger partial charge in [0.1, 0.15) is 5.75 Å². The molecule has 1 aromatic carbocycles. The van der Waals surface area contributed by atoms with Crippen LogP contribution >= 0.6 is 15.9 Å². The van der Waals surface area contributed by atoms with Gasteiger partial charge in [0.05, 0.1) is 25.5 Å². The van der Waals surface area contributed by atoms with Gasteiger partial charge in [-0.05, 0) is 31.0 Å². The van der Waals surface area contributed by atoms with E-state index in [9.17, 15) is 9.59 Å². The Morgan fingerprint density at radius 2 is 1.90 bits per heavy atom. The number of likely N-dealkylation sites (tertiary alicyclic amines) is 1. The number of benzene rings is 1. The number of imide groups is 1. The Kier molecular flexibility index (Phi) is 3.54. The van der Waals surface area contributed by atoms with Crippen LogP contribution in [0.4, 0.5) is 0 Å². The zero-order chi connectivity index (χ0) is 14.3. The molecule has 2 aliphatic rings. The highest BCUT2D eigenvalue weighted by Gasteiger charge is 2.49. The van der Waals surface area contributed by atoms with Gasteiger partial charge >= 0.3 is 0 Å². The molecule has 3 rings (SSSR count). The molecule has 106 valence electrons. The van der Waals surface area contributed by atoms with E-state index in [1.165, 1.54) is 4.90 Å². The number of rotatable bonds is 3. The van der Waals surface area contributed by atoms with Crippen molar-refractivity contribution in [2.75, 3.05) is 7.11 Å². The quantitative estimate of drug-likeness (QED) is 0.796. The number of hydrogen-bond acceptors (Lipinski definition) is 3. The Hall–Kier alpha value is -1.36. The van der Waals surface area contributed by atoms with E-state index >= 15 is 0 Å². The van der Waals surface area contributed by atoms with Gasteiger partial charge in [0.25, 0.3) is 0 Å². The van der Waals surface area contributed by atoms with E-state index in [1.807, 2.05) is 18.2 Å². The molecule has 1 saturated heterocycles. The number of carbonyl (C=O) groups excluding carboxylic acids is 2. The van der Waals surface area contributed by atoms with E-state index in [0.717, 1.165) is 29.3 Å². The summed E-state index contributed by atoms with van der Waals surface area (Å²) in [6.07, 6.45) is 2.68. The third kappa shape index (κ3) is 2.14. The molecule has 0 bridgehead atoms. The van der Waals surface area contributed by atoms with Gasteiger partial charge < -0.3 is 4.74 Å². The van der Waals surface area contributed by atoms with Gasteiger partial charge in [-0.1, -0.05) is 22.4 Å². The predicted molar refractivity (Wildman–Crippen MR) is 77.1 cm³/mol. The van der Waals surface area contributed by atoms with Gasteiger partial charge in [0.15, 0.2) is 0 Å². The SMILES string of the molecule is COc1ccc(Br)cc1CN1C(=O)C2CCCC2C1=O. The first-order chi connectivity index (χ1) is 9.61. The minimum Gasteiger partial charge on any atom is -0.496 e. The maximum absolute atomic E-state index is 12.3. The second kappa shape index (κ2) is 5.20. The number of amides is 2. The van der Waals surface area contributed by atoms with Crippen LogP contribution in [-0.2, 0) is 16.1 Å². The van der Waals surface area contributed by atoms with Gasteiger partial charge in [0.2, 0.25) is 11.8 Å². The number of ether oxygens (including phenoxy) is 1. The Bertz CT molecular complexity index is 550. The van der Waals surface area contributed by atoms with E-state index in [4.69, 9.17) is 4.74 Å². The van der Waals surface area contributed by atoms with Crippen LogP contribution in [0.25, 0.3) is 0 Å². The average molecular weight is 338 g/mol. The second-order valence-corrected chi connectivity index (χ2v) is 6.28. The van der Waals surface area contributed by atoms with Gasteiger partial charge in [-0.2, -0.15) is 0 Å². The Labute approximate surface area is 126 Å². The molecule has 1 heterocycles. The molecule has 0 aromatic heterocycles. The lowest BCUT2D eigenvalue weighted by molar-refractivity contribution is -0.141. The van der Waals surface area contributed by atoms with Crippen LogP contribution in [0.3, 0.4) is 0 Å². The van der Waals surface area contributed by atoms with E-state index in [1.54, 1.807) is 7.11 Å². The summed E-state index contributed by atoms with van der Waals surface area (Å²) in [5, 5.41) is 0. The summed E-state index contributed by atoms with van der Waals surface area (Å²) >= 11 is 3.41. The number of hydrogen-bond donors (Lipinski definition) is 0. The van der Waals surface area contributed by atoms with Crippen molar-refractivity contribution in [3.63, 3.8) is 0 Å². The molecule has 0 N–H and O–H groups in total. The molecule has 2 amide bonds. The van der Waals surface area contributed by atoms with Crippen LogP contribution in [0.1, 0.15) is 24.8 Å². The second-order valence-electron chi connectivity index (χ2n) is 5.36. The molecule has 2 unspecified atom stereocenters. The van der Waals surface area contributed by atoms with Crippen molar-refractivity contribution in [3.8, 4) is 5.75 Å². The van der Waals surface area contributed by atoms with Crippen LogP contribution in [0.2, 0.25) is 0 Å². The van der Waals surface area contributed by atoms with Gasteiger partial charge in [-0.3, -0.25) is 14.5 Å². The van der Waals surface area contributed by atoms with Crippen molar-refractivity contribution < 1.29 is 14.3 Å². The van der Waals surface area contributed by atoms with E-state index in [0.29, 0.717) is 12.3 Å². The standard InChI is InChI=1S/C15H16BrNO3/c1-20-13-6-5-10(16)7-9(13)8-17-14(18)11-3-2-4-12(11)15(17)19/h5-7,11-12H,2-4,8H2,1H3. The number of halogens is 1. The first-order valence-corrected chi connectivity index (χ1v) is 7.58. The van der Waals surface area contributed by atoms with Crippen LogP contribution < -0.4 is 4.74 Å². The van der Waals surface area contributed by atoms with Gasteiger partial charge in [-0.15, -0.1) is 0 Å². The minimum absolute atomic E-state index is 0.0143. The van der Waals surface area contributed by atoms with Crippen molar-refractivity contribution >= 4 is 27.7 Å². The average Bonchev–Trinajstić information content (AvgIpc) is 2.99. The summed E-state index contributed by atoms with van der Waals surface area (Å²) in [5.74, 6) is 0.506. The van der Waals surface area contributed by atoms with Gasteiger partial charge in [-0.25, -0.2) is 0 Å². The zero-order valence-corrected chi connectivity index (χ0v) is 12.9. The highest BCUT2D eigenvalue weighted by atomic mass is 79.9. The highest BCUT2D eigenvalue weighted by Crippen LogP contribution is 2.40. The van der Waals surface area contributed by atoms with E-state index in [2.05, 4.69) is 15.9 Å². The smallest absolute Gasteiger partial charge is 0.233 e. The summed E-state index contributed by atoms with van der Waals surface area (Å²) in [6.45, 7) is 0.299. The lowest BCUT2D eigenvalue weighted by Crippen LogP contribution is -2.31. The molecule has 1 aromatic rings. The normalized spacial score (nSPS) is 25.2. The number of methoxy groups -OCH3 is 1. The Morgan fingerprint density at radius 1 is 1.25 bits per heavy atom. The van der Waals surface area contributed by atoms with Crippen molar-refractivity contribution in [2.24, 2.45) is 11.8 Å². The summed E-state index contributed by atoms with van der Waals surface area (Å²) in [6, 6.07) is 5.61. The zero-order valence-electron chi connectivity index (χ0n) is 11.3. The lowest BCUT2D eigenvalue weighted by Gasteiger charge is -2.18. The molecular weight excluding hydrogens is 322 g/mol. The molecule has 1 aliphatic carbocycles. The van der Waals surface area contributed by atoms with Crippen LogP contribution in [0.15, 0.2) is 22.7 Å². The fraction of sp³-hybridized carbons (Fsp3) is 0.467. The first-order valence-electron chi connectivity index (χ1n) is 6.79. The molecule has 0 radical (unpaired) electrons. The molecule has 1 saturated carbocycles. The molecule has 20 heavy (non-hydrogen) atoms. The molecule has 2 atom stereocenters. The summed E-state index contributed by atoms with van der Waals surface area (Å²) < 4.78 is 6.21. The fourth-order valence-electron chi connectivity index (χ4n) is 3.26. The van der Waals surface area contributed by atoms with Crippen molar-refractivity contribution in [1.29, 1.82) is 0 Å². The lowest BCUT2D eigenvalue weighted by atomic mass is 10.00. The molecule has 5 heteroatoms. The van der Waals surface area contributed by atoms with Crippen LogP contribution in [0, 0.1) is 11.8 Å². The maximum atomic E-state index is 12.3. The molecule has 1 aliphatic heterocycles. The fourth-order valence-corrected chi connectivity index (χ4v) is 3.67. The minimum atomic E-state index is -0.0827. The number of nitrogens with zero attached hydrogens (tertiary/aromatic N) is 1. The largest absolute Gasteiger partial charge is 0.496 e. The van der Waals surface area contributed by atoms with Crippen LogP contribution in [0.5, 0.6) is 5.75 Å². The number of fused-ring (bicyclic) bond motifs is 1. The molecular formula is C15H16BrNO3. The third-order valence-electron chi connectivity index (χ3n) is 4.25. The predicted octanol–water partition coefficient (Wildman–Crippen LogP) is 2.74. The highest BCUT2D eigenvalue weighted by molar-refractivity contribution is 9.10. The molecule has 4 nitrogen and oxygen atoms in total. The Morgan fingerprint density at radius 3 is 2.50 bits per heavy atom. The van der Waals surface area contributed by atoms with E-state index < -0.39 is 0 Å². The van der Waals surface area contributed by atoms with Crippen molar-refractivity contribution in [3.05, 3.63) is 28.2 Å². The summed E-state index contributed by atoms with van der Waals surface area (Å²) in [7, 11) is 1.59. The maximum Gasteiger partial charge on any atom is 0.233 e. The van der Waals surface area contributed by atoms with Gasteiger partial charge in [0, 0.05) is 10.0 Å². The van der Waals surface area contributed by atoms with Crippen LogP contribution in [-0.4, -0.2) is 23.8 Å². The Balaban J connectivity index is 1.86.